The van der Waals surface area contributed by atoms with Crippen molar-refractivity contribution < 1.29 is 18.3 Å². The minimum atomic E-state index is -3.50. The Morgan fingerprint density at radius 1 is 1.53 bits per heavy atom. The molecule has 3 N–H and O–H groups in total. The van der Waals surface area contributed by atoms with E-state index in [1.807, 2.05) is 6.92 Å². The van der Waals surface area contributed by atoms with Gasteiger partial charge in [0.05, 0.1) is 12.2 Å². The number of aliphatic carboxylic acids is 1. The van der Waals surface area contributed by atoms with E-state index in [1.54, 1.807) is 0 Å². The highest BCUT2D eigenvalue weighted by molar-refractivity contribution is 7.89. The van der Waals surface area contributed by atoms with Crippen LogP contribution in [0.1, 0.15) is 26.2 Å². The number of carboxylic acid groups (broad SMARTS) is 1. The molecule has 6 nitrogen and oxygen atoms in total. The summed E-state index contributed by atoms with van der Waals surface area (Å²) in [4.78, 5) is 10.4. The van der Waals surface area contributed by atoms with Crippen molar-refractivity contribution in [1.82, 2.24) is 4.31 Å². The van der Waals surface area contributed by atoms with Gasteiger partial charge in [0.2, 0.25) is 10.0 Å². The Labute approximate surface area is 102 Å². The molecular formula is C10H20N2O4S. The molecule has 0 aromatic rings. The van der Waals surface area contributed by atoms with E-state index in [-0.39, 0.29) is 30.7 Å². The third-order valence-corrected chi connectivity index (χ3v) is 5.13. The second-order valence-electron chi connectivity index (χ2n) is 4.49. The van der Waals surface area contributed by atoms with Crippen LogP contribution in [0.25, 0.3) is 0 Å². The number of hydrogen-bond donors (Lipinski definition) is 2. The maximum atomic E-state index is 12.0. The first-order chi connectivity index (χ1) is 7.88. The number of nitrogens with zero attached hydrogens (tertiary/aromatic N) is 1. The first-order valence-electron chi connectivity index (χ1n) is 5.80. The van der Waals surface area contributed by atoms with Gasteiger partial charge in [-0.25, -0.2) is 8.42 Å². The molecule has 0 aromatic carbocycles. The quantitative estimate of drug-likeness (QED) is 0.719. The van der Waals surface area contributed by atoms with E-state index in [1.165, 1.54) is 4.31 Å². The van der Waals surface area contributed by atoms with Gasteiger partial charge in [-0.05, 0) is 18.8 Å². The van der Waals surface area contributed by atoms with Gasteiger partial charge >= 0.3 is 5.97 Å². The second-order valence-corrected chi connectivity index (χ2v) is 6.53. The number of piperidine rings is 1. The highest BCUT2D eigenvalue weighted by Gasteiger charge is 2.35. The Hall–Kier alpha value is -0.660. The SMILES string of the molecule is CC1CCCN(S(=O)(=O)CCC(=O)O)C1CN. The molecule has 1 fully saturated rings. The highest BCUT2D eigenvalue weighted by Crippen LogP contribution is 2.25. The third-order valence-electron chi connectivity index (χ3n) is 3.24. The van der Waals surface area contributed by atoms with Crippen molar-refractivity contribution >= 4 is 16.0 Å². The number of hydrogen-bond acceptors (Lipinski definition) is 4. The van der Waals surface area contributed by atoms with E-state index in [4.69, 9.17) is 10.8 Å². The number of sulfonamides is 1. The van der Waals surface area contributed by atoms with Crippen molar-refractivity contribution in [3.8, 4) is 0 Å². The van der Waals surface area contributed by atoms with Crippen molar-refractivity contribution in [2.45, 2.75) is 32.2 Å². The molecule has 1 heterocycles. The van der Waals surface area contributed by atoms with Gasteiger partial charge in [-0.15, -0.1) is 0 Å². The van der Waals surface area contributed by atoms with E-state index >= 15 is 0 Å². The van der Waals surface area contributed by atoms with Gasteiger partial charge in [0.15, 0.2) is 0 Å². The predicted octanol–water partition coefficient (Wildman–Crippen LogP) is -0.150. The maximum absolute atomic E-state index is 12.0. The smallest absolute Gasteiger partial charge is 0.304 e. The Morgan fingerprint density at radius 2 is 2.18 bits per heavy atom. The summed E-state index contributed by atoms with van der Waals surface area (Å²) < 4.78 is 25.4. The molecule has 1 aliphatic heterocycles. The lowest BCUT2D eigenvalue weighted by Crippen LogP contribution is -2.52. The van der Waals surface area contributed by atoms with E-state index in [9.17, 15) is 13.2 Å². The van der Waals surface area contributed by atoms with E-state index in [2.05, 4.69) is 0 Å². The van der Waals surface area contributed by atoms with Crippen LogP contribution in [0.5, 0.6) is 0 Å². The summed E-state index contributed by atoms with van der Waals surface area (Å²) in [5, 5.41) is 8.54. The van der Waals surface area contributed by atoms with Crippen LogP contribution < -0.4 is 5.73 Å². The van der Waals surface area contributed by atoms with Crippen molar-refractivity contribution in [3.05, 3.63) is 0 Å². The summed E-state index contributed by atoms with van der Waals surface area (Å²) in [5.41, 5.74) is 5.61. The molecule has 0 amide bonds. The molecular weight excluding hydrogens is 244 g/mol. The third kappa shape index (κ3) is 3.65. The largest absolute Gasteiger partial charge is 0.481 e. The molecule has 0 aliphatic carbocycles. The van der Waals surface area contributed by atoms with Crippen LogP contribution >= 0.6 is 0 Å². The van der Waals surface area contributed by atoms with E-state index < -0.39 is 16.0 Å². The Kier molecular flexibility index (Phi) is 4.91. The molecule has 0 saturated carbocycles. The summed E-state index contributed by atoms with van der Waals surface area (Å²) in [6, 6.07) is -0.192. The zero-order chi connectivity index (χ0) is 13.1. The van der Waals surface area contributed by atoms with Crippen molar-refractivity contribution in [3.63, 3.8) is 0 Å². The molecule has 1 rings (SSSR count). The minimum absolute atomic E-state index is 0.192. The average Bonchev–Trinajstić information content (AvgIpc) is 2.26. The van der Waals surface area contributed by atoms with Crippen LogP contribution in [0.2, 0.25) is 0 Å². The van der Waals surface area contributed by atoms with Crippen LogP contribution in [-0.4, -0.2) is 48.7 Å². The molecule has 100 valence electrons. The van der Waals surface area contributed by atoms with Gasteiger partial charge < -0.3 is 10.8 Å². The summed E-state index contributed by atoms with van der Waals surface area (Å²) in [6.07, 6.45) is 1.42. The summed E-state index contributed by atoms with van der Waals surface area (Å²) in [6.45, 7) is 2.72. The Morgan fingerprint density at radius 3 is 2.71 bits per heavy atom. The van der Waals surface area contributed by atoms with Crippen LogP contribution in [-0.2, 0) is 14.8 Å². The van der Waals surface area contributed by atoms with Crippen LogP contribution in [0, 0.1) is 5.92 Å². The minimum Gasteiger partial charge on any atom is -0.481 e. The zero-order valence-electron chi connectivity index (χ0n) is 10.0. The first-order valence-corrected chi connectivity index (χ1v) is 7.40. The fraction of sp³-hybridized carbons (Fsp3) is 0.900. The molecule has 0 radical (unpaired) electrons. The molecule has 0 aromatic heterocycles. The average molecular weight is 264 g/mol. The van der Waals surface area contributed by atoms with Crippen LogP contribution in [0.3, 0.4) is 0 Å². The number of carbonyl (C=O) groups is 1. The van der Waals surface area contributed by atoms with Crippen molar-refractivity contribution in [2.24, 2.45) is 11.7 Å². The van der Waals surface area contributed by atoms with Gasteiger partial charge in [-0.2, -0.15) is 4.31 Å². The fourth-order valence-electron chi connectivity index (χ4n) is 2.24. The summed E-state index contributed by atoms with van der Waals surface area (Å²) in [5.74, 6) is -1.21. The van der Waals surface area contributed by atoms with Gasteiger partial charge in [-0.1, -0.05) is 6.92 Å². The Balaban J connectivity index is 2.77. The first kappa shape index (κ1) is 14.4. The molecule has 17 heavy (non-hydrogen) atoms. The summed E-state index contributed by atoms with van der Waals surface area (Å²) in [7, 11) is -3.50. The van der Waals surface area contributed by atoms with Gasteiger partial charge in [-0.3, -0.25) is 4.79 Å². The standard InChI is InChI=1S/C10H20N2O4S/c1-8-3-2-5-12(9(8)7-11)17(15,16)6-4-10(13)14/h8-9H,2-7,11H2,1H3,(H,13,14). The summed E-state index contributed by atoms with van der Waals surface area (Å²) >= 11 is 0. The number of carboxylic acids is 1. The second kappa shape index (κ2) is 5.79. The molecule has 0 spiro atoms. The number of rotatable bonds is 5. The van der Waals surface area contributed by atoms with Crippen molar-refractivity contribution in [1.29, 1.82) is 0 Å². The predicted molar refractivity (Wildman–Crippen MR) is 64.0 cm³/mol. The normalized spacial score (nSPS) is 26.9. The molecule has 2 atom stereocenters. The Bertz CT molecular complexity index is 369. The molecule has 0 bridgehead atoms. The van der Waals surface area contributed by atoms with Gasteiger partial charge in [0, 0.05) is 19.1 Å². The zero-order valence-corrected chi connectivity index (χ0v) is 10.8. The van der Waals surface area contributed by atoms with E-state index in [0.29, 0.717) is 6.54 Å². The lowest BCUT2D eigenvalue weighted by molar-refractivity contribution is -0.136. The molecule has 7 heteroatoms. The topological polar surface area (TPSA) is 101 Å². The van der Waals surface area contributed by atoms with Gasteiger partial charge in [0.25, 0.3) is 0 Å². The monoisotopic (exact) mass is 264 g/mol. The van der Waals surface area contributed by atoms with E-state index in [0.717, 1.165) is 12.8 Å². The van der Waals surface area contributed by atoms with Crippen LogP contribution in [0.4, 0.5) is 0 Å². The molecule has 1 saturated heterocycles. The van der Waals surface area contributed by atoms with Gasteiger partial charge in [0.1, 0.15) is 0 Å². The highest BCUT2D eigenvalue weighted by atomic mass is 32.2. The maximum Gasteiger partial charge on any atom is 0.304 e. The van der Waals surface area contributed by atoms with Crippen molar-refractivity contribution in [2.75, 3.05) is 18.8 Å². The molecule has 2 unspecified atom stereocenters. The fourth-order valence-corrected chi connectivity index (χ4v) is 4.02. The lowest BCUT2D eigenvalue weighted by atomic mass is 9.93. The number of nitrogens with two attached hydrogens (primary N) is 1. The van der Waals surface area contributed by atoms with Crippen LogP contribution in [0.15, 0.2) is 0 Å². The molecule has 1 aliphatic rings. The lowest BCUT2D eigenvalue weighted by Gasteiger charge is -2.38.